The van der Waals surface area contributed by atoms with Crippen LogP contribution in [0, 0.1) is 0 Å². The van der Waals surface area contributed by atoms with Gasteiger partial charge in [0.25, 0.3) is 0 Å². The fourth-order valence-corrected chi connectivity index (χ4v) is 8.22. The van der Waals surface area contributed by atoms with Crippen LogP contribution in [0.3, 0.4) is 0 Å². The zero-order chi connectivity index (χ0) is 36.0. The standard InChI is InChI=1S/C51H41NO/c1-31(2)33-9-8-10-40(24-33)52(42-21-22-44-43-11-6-7-12-49(43)53-50(44)30-42)41-20-17-36-27-46-45-26-35-14-13-34(32-15-18-39(19-16-32)51(3,4)5)23-37(35)28-47(45)48(46)29-38(36)25-41/h6-31H,1-5H3. The molecule has 1 aliphatic carbocycles. The number of para-hydroxylation sites is 1. The number of fused-ring (bicyclic) bond motifs is 9. The summed E-state index contributed by atoms with van der Waals surface area (Å²) in [6, 6.07) is 56.2. The summed E-state index contributed by atoms with van der Waals surface area (Å²) in [5.74, 6) is 0.423. The summed E-state index contributed by atoms with van der Waals surface area (Å²) in [6.07, 6.45) is 0. The van der Waals surface area contributed by atoms with Gasteiger partial charge in [0.1, 0.15) is 11.2 Å². The summed E-state index contributed by atoms with van der Waals surface area (Å²) in [4.78, 5) is 2.37. The van der Waals surface area contributed by atoms with E-state index in [1.165, 1.54) is 66.1 Å². The highest BCUT2D eigenvalue weighted by Gasteiger charge is 2.25. The number of rotatable bonds is 5. The average molecular weight is 684 g/mol. The molecule has 2 nitrogen and oxygen atoms in total. The summed E-state index contributed by atoms with van der Waals surface area (Å²) in [7, 11) is 0. The van der Waals surface area contributed by atoms with Crippen LogP contribution in [0.4, 0.5) is 17.1 Å². The Labute approximate surface area is 310 Å². The Morgan fingerprint density at radius 2 is 1.04 bits per heavy atom. The van der Waals surface area contributed by atoms with E-state index in [0.717, 1.165) is 39.0 Å². The van der Waals surface area contributed by atoms with Crippen LogP contribution in [0.25, 0.3) is 76.9 Å². The SMILES string of the molecule is CC(C)c1cccc(N(c2ccc3cc4c(cc3c2)-c2cc3cc(-c5ccc(C(C)(C)C)cc5)ccc3cc2-4)c2ccc3c(c2)oc2ccccc23)c1. The minimum Gasteiger partial charge on any atom is -0.456 e. The fourth-order valence-electron chi connectivity index (χ4n) is 8.22. The van der Waals surface area contributed by atoms with Crippen LogP contribution < -0.4 is 4.90 Å². The van der Waals surface area contributed by atoms with Gasteiger partial charge in [-0.15, -0.1) is 0 Å². The molecule has 0 bridgehead atoms. The number of hydrogen-bond acceptors (Lipinski definition) is 2. The first-order valence-electron chi connectivity index (χ1n) is 18.8. The highest BCUT2D eigenvalue weighted by atomic mass is 16.3. The quantitative estimate of drug-likeness (QED) is 0.180. The molecule has 0 atom stereocenters. The first-order valence-corrected chi connectivity index (χ1v) is 18.8. The number of furan rings is 1. The molecule has 0 unspecified atom stereocenters. The lowest BCUT2D eigenvalue weighted by molar-refractivity contribution is 0.590. The Kier molecular flexibility index (Phi) is 6.98. The molecule has 10 rings (SSSR count). The molecule has 256 valence electrons. The van der Waals surface area contributed by atoms with Gasteiger partial charge in [-0.25, -0.2) is 0 Å². The molecule has 2 heteroatoms. The van der Waals surface area contributed by atoms with Crippen LogP contribution >= 0.6 is 0 Å². The maximum Gasteiger partial charge on any atom is 0.137 e. The van der Waals surface area contributed by atoms with E-state index < -0.39 is 0 Å². The Hall–Kier alpha value is -6.12. The van der Waals surface area contributed by atoms with E-state index in [-0.39, 0.29) is 5.41 Å². The van der Waals surface area contributed by atoms with Crippen LogP contribution in [-0.4, -0.2) is 0 Å². The van der Waals surface area contributed by atoms with Crippen molar-refractivity contribution in [3.63, 3.8) is 0 Å². The van der Waals surface area contributed by atoms with Gasteiger partial charge >= 0.3 is 0 Å². The van der Waals surface area contributed by atoms with Crippen molar-refractivity contribution in [1.82, 2.24) is 0 Å². The highest BCUT2D eigenvalue weighted by Crippen LogP contribution is 2.51. The molecule has 0 fully saturated rings. The van der Waals surface area contributed by atoms with Crippen molar-refractivity contribution in [3.8, 4) is 33.4 Å². The van der Waals surface area contributed by atoms with Crippen LogP contribution in [0.5, 0.6) is 0 Å². The molecule has 9 aromatic rings. The van der Waals surface area contributed by atoms with E-state index in [4.69, 9.17) is 4.42 Å². The third kappa shape index (κ3) is 5.24. The van der Waals surface area contributed by atoms with Gasteiger partial charge in [-0.3, -0.25) is 0 Å². The van der Waals surface area contributed by atoms with Crippen LogP contribution in [0.1, 0.15) is 51.7 Å². The van der Waals surface area contributed by atoms with Crippen molar-refractivity contribution in [2.24, 2.45) is 0 Å². The van der Waals surface area contributed by atoms with Crippen molar-refractivity contribution < 1.29 is 4.42 Å². The van der Waals surface area contributed by atoms with Crippen molar-refractivity contribution >= 4 is 60.5 Å². The maximum atomic E-state index is 6.37. The third-order valence-corrected chi connectivity index (χ3v) is 11.3. The van der Waals surface area contributed by atoms with Crippen LogP contribution in [0.2, 0.25) is 0 Å². The molecular weight excluding hydrogens is 643 g/mol. The van der Waals surface area contributed by atoms with Gasteiger partial charge < -0.3 is 9.32 Å². The summed E-state index contributed by atoms with van der Waals surface area (Å²) < 4.78 is 6.37. The van der Waals surface area contributed by atoms with Gasteiger partial charge in [-0.1, -0.05) is 107 Å². The smallest absolute Gasteiger partial charge is 0.137 e. The zero-order valence-corrected chi connectivity index (χ0v) is 30.9. The molecule has 0 spiro atoms. The largest absolute Gasteiger partial charge is 0.456 e. The maximum absolute atomic E-state index is 6.37. The lowest BCUT2D eigenvalue weighted by Crippen LogP contribution is -2.10. The molecule has 0 aliphatic heterocycles. The van der Waals surface area contributed by atoms with Gasteiger partial charge in [0.2, 0.25) is 0 Å². The zero-order valence-electron chi connectivity index (χ0n) is 30.9. The van der Waals surface area contributed by atoms with E-state index in [1.807, 2.05) is 12.1 Å². The van der Waals surface area contributed by atoms with Crippen LogP contribution in [-0.2, 0) is 5.41 Å². The monoisotopic (exact) mass is 683 g/mol. The van der Waals surface area contributed by atoms with E-state index in [1.54, 1.807) is 0 Å². The second kappa shape index (κ2) is 11.7. The Morgan fingerprint density at radius 1 is 0.453 bits per heavy atom. The van der Waals surface area contributed by atoms with E-state index in [2.05, 4.69) is 179 Å². The van der Waals surface area contributed by atoms with Gasteiger partial charge in [0, 0.05) is 33.9 Å². The Bertz CT molecular complexity index is 2900. The molecule has 1 aliphatic rings. The summed E-state index contributed by atoms with van der Waals surface area (Å²) >= 11 is 0. The number of benzene rings is 8. The van der Waals surface area contributed by atoms with Gasteiger partial charge in [0.05, 0.1) is 0 Å². The molecule has 0 saturated heterocycles. The van der Waals surface area contributed by atoms with E-state index in [9.17, 15) is 0 Å². The Morgan fingerprint density at radius 3 is 1.75 bits per heavy atom. The normalized spacial score (nSPS) is 12.4. The summed E-state index contributed by atoms with van der Waals surface area (Å²) in [5, 5.41) is 7.31. The van der Waals surface area contributed by atoms with E-state index >= 15 is 0 Å². The molecule has 8 aromatic carbocycles. The molecular formula is C51H41NO. The molecule has 0 saturated carbocycles. The first kappa shape index (κ1) is 31.6. The molecule has 0 N–H and O–H groups in total. The predicted molar refractivity (Wildman–Crippen MR) is 226 cm³/mol. The third-order valence-electron chi connectivity index (χ3n) is 11.3. The molecule has 1 heterocycles. The number of anilines is 3. The predicted octanol–water partition coefficient (Wildman–Crippen LogP) is 15.1. The van der Waals surface area contributed by atoms with Gasteiger partial charge in [0.15, 0.2) is 0 Å². The van der Waals surface area contributed by atoms with Crippen molar-refractivity contribution in [2.75, 3.05) is 4.90 Å². The number of nitrogens with zero attached hydrogens (tertiary/aromatic N) is 1. The van der Waals surface area contributed by atoms with Crippen molar-refractivity contribution in [3.05, 3.63) is 163 Å². The van der Waals surface area contributed by atoms with Gasteiger partial charge in [-0.2, -0.15) is 0 Å². The molecule has 53 heavy (non-hydrogen) atoms. The van der Waals surface area contributed by atoms with Crippen molar-refractivity contribution in [1.29, 1.82) is 0 Å². The van der Waals surface area contributed by atoms with E-state index in [0.29, 0.717) is 5.92 Å². The first-order chi connectivity index (χ1) is 25.7. The minimum atomic E-state index is 0.142. The molecule has 0 radical (unpaired) electrons. The lowest BCUT2D eigenvalue weighted by atomic mass is 9.77. The second-order valence-corrected chi connectivity index (χ2v) is 16.1. The molecule has 1 aromatic heterocycles. The minimum absolute atomic E-state index is 0.142. The fraction of sp³-hybridized carbons (Fsp3) is 0.137. The topological polar surface area (TPSA) is 16.4 Å². The Balaban J connectivity index is 1.06. The summed E-state index contributed by atoms with van der Waals surface area (Å²) in [5.41, 5.74) is 15.8. The molecule has 0 amide bonds. The van der Waals surface area contributed by atoms with Crippen molar-refractivity contribution in [2.45, 2.75) is 46.0 Å². The van der Waals surface area contributed by atoms with Crippen LogP contribution in [0.15, 0.2) is 156 Å². The number of hydrogen-bond donors (Lipinski definition) is 0. The lowest BCUT2D eigenvalue weighted by Gasteiger charge is -2.28. The average Bonchev–Trinajstić information content (AvgIpc) is 3.54. The van der Waals surface area contributed by atoms with Gasteiger partial charge in [-0.05, 0) is 150 Å². The summed E-state index contributed by atoms with van der Waals surface area (Å²) in [6.45, 7) is 11.3. The highest BCUT2D eigenvalue weighted by molar-refractivity contribution is 6.12. The second-order valence-electron chi connectivity index (χ2n) is 16.1.